The maximum atomic E-state index is 12.5. The predicted octanol–water partition coefficient (Wildman–Crippen LogP) is 3.36. The molecule has 3 nitrogen and oxygen atoms in total. The van der Waals surface area contributed by atoms with Crippen LogP contribution in [-0.2, 0) is 0 Å². The lowest BCUT2D eigenvalue weighted by Gasteiger charge is -2.05. The van der Waals surface area contributed by atoms with Gasteiger partial charge in [-0.1, -0.05) is 18.2 Å². The third-order valence-electron chi connectivity index (χ3n) is 3.40. The number of nitrogen functional groups attached to an aromatic ring is 1. The minimum atomic E-state index is -0.0133. The number of aryl methyl sites for hydroxylation is 1. The van der Waals surface area contributed by atoms with Crippen LogP contribution in [0.25, 0.3) is 10.9 Å². The number of rotatable bonds is 2. The molecule has 0 aliphatic heterocycles. The van der Waals surface area contributed by atoms with Crippen LogP contribution in [0.1, 0.15) is 21.5 Å². The summed E-state index contributed by atoms with van der Waals surface area (Å²) in [7, 11) is 0. The Hall–Kier alpha value is -2.68. The normalized spacial score (nSPS) is 10.7. The van der Waals surface area contributed by atoms with Crippen LogP contribution in [0.4, 0.5) is 5.69 Å². The summed E-state index contributed by atoms with van der Waals surface area (Å²) in [6.45, 7) is 1.90. The third-order valence-corrected chi connectivity index (χ3v) is 3.40. The van der Waals surface area contributed by atoms with E-state index in [1.165, 1.54) is 0 Å². The van der Waals surface area contributed by atoms with E-state index in [-0.39, 0.29) is 5.78 Å². The van der Waals surface area contributed by atoms with Crippen molar-refractivity contribution in [2.45, 2.75) is 6.92 Å². The summed E-state index contributed by atoms with van der Waals surface area (Å²) in [6, 6.07) is 14.8. The highest BCUT2D eigenvalue weighted by molar-refractivity contribution is 6.10. The van der Waals surface area contributed by atoms with Crippen LogP contribution in [0, 0.1) is 6.92 Å². The lowest BCUT2D eigenvalue weighted by molar-refractivity contribution is 0.103. The van der Waals surface area contributed by atoms with Crippen LogP contribution in [0.3, 0.4) is 0 Å². The molecular weight excluding hydrogens is 248 g/mol. The van der Waals surface area contributed by atoms with Gasteiger partial charge >= 0.3 is 0 Å². The standard InChI is InChI=1S/C17H14N2O/c1-11-9-13(6-7-15(11)18)17(20)14-5-4-12-3-2-8-19-16(12)10-14/h2-10H,18H2,1H3. The Labute approximate surface area is 117 Å². The van der Waals surface area contributed by atoms with Crippen molar-refractivity contribution in [3.63, 3.8) is 0 Å². The van der Waals surface area contributed by atoms with Gasteiger partial charge in [0.2, 0.25) is 0 Å². The maximum Gasteiger partial charge on any atom is 0.193 e. The molecule has 0 bridgehead atoms. The predicted molar refractivity (Wildman–Crippen MR) is 80.8 cm³/mol. The van der Waals surface area contributed by atoms with Gasteiger partial charge in [0.1, 0.15) is 0 Å². The quantitative estimate of drug-likeness (QED) is 0.569. The SMILES string of the molecule is Cc1cc(C(=O)c2ccc3cccnc3c2)ccc1N. The molecule has 3 aromatic rings. The zero-order chi connectivity index (χ0) is 14.1. The van der Waals surface area contributed by atoms with Gasteiger partial charge in [-0.15, -0.1) is 0 Å². The molecule has 0 aliphatic rings. The Morgan fingerprint density at radius 3 is 2.60 bits per heavy atom. The van der Waals surface area contributed by atoms with Gasteiger partial charge in [-0.2, -0.15) is 0 Å². The van der Waals surface area contributed by atoms with Crippen molar-refractivity contribution in [1.82, 2.24) is 4.98 Å². The summed E-state index contributed by atoms with van der Waals surface area (Å²) in [5, 5.41) is 1.03. The minimum absolute atomic E-state index is 0.0133. The highest BCUT2D eigenvalue weighted by Gasteiger charge is 2.10. The van der Waals surface area contributed by atoms with E-state index in [1.54, 1.807) is 18.3 Å². The number of nitrogens with zero attached hydrogens (tertiary/aromatic N) is 1. The molecule has 2 N–H and O–H groups in total. The molecule has 0 spiro atoms. The molecule has 0 radical (unpaired) electrons. The number of pyridine rings is 1. The Morgan fingerprint density at radius 2 is 1.80 bits per heavy atom. The van der Waals surface area contributed by atoms with Gasteiger partial charge in [-0.3, -0.25) is 9.78 Å². The molecule has 0 fully saturated rings. The van der Waals surface area contributed by atoms with Crippen molar-refractivity contribution in [2.75, 3.05) is 5.73 Å². The molecule has 0 amide bonds. The first-order chi connectivity index (χ1) is 9.65. The number of fused-ring (bicyclic) bond motifs is 1. The van der Waals surface area contributed by atoms with Crippen molar-refractivity contribution < 1.29 is 4.79 Å². The Kier molecular flexibility index (Phi) is 2.95. The van der Waals surface area contributed by atoms with Crippen LogP contribution in [0.2, 0.25) is 0 Å². The van der Waals surface area contributed by atoms with Crippen molar-refractivity contribution in [2.24, 2.45) is 0 Å². The molecule has 0 saturated heterocycles. The second-order valence-corrected chi connectivity index (χ2v) is 4.81. The number of benzene rings is 2. The first-order valence-corrected chi connectivity index (χ1v) is 6.41. The molecule has 20 heavy (non-hydrogen) atoms. The molecule has 2 aromatic carbocycles. The van der Waals surface area contributed by atoms with Gasteiger partial charge in [0.05, 0.1) is 5.52 Å². The van der Waals surface area contributed by atoms with Gasteiger partial charge in [-0.25, -0.2) is 0 Å². The molecule has 3 rings (SSSR count). The summed E-state index contributed by atoms with van der Waals surface area (Å²) < 4.78 is 0. The molecule has 0 saturated carbocycles. The van der Waals surface area contributed by atoms with E-state index in [9.17, 15) is 4.79 Å². The zero-order valence-electron chi connectivity index (χ0n) is 11.1. The average Bonchev–Trinajstić information content (AvgIpc) is 2.49. The van der Waals surface area contributed by atoms with Crippen LogP contribution < -0.4 is 5.73 Å². The Bertz CT molecular complexity index is 809. The average molecular weight is 262 g/mol. The number of carbonyl (C=O) groups is 1. The van der Waals surface area contributed by atoms with E-state index < -0.39 is 0 Å². The minimum Gasteiger partial charge on any atom is -0.399 e. The Balaban J connectivity index is 2.05. The number of aromatic nitrogens is 1. The summed E-state index contributed by atoms with van der Waals surface area (Å²) in [5.74, 6) is -0.0133. The molecule has 0 atom stereocenters. The monoisotopic (exact) mass is 262 g/mol. The van der Waals surface area contributed by atoms with Gasteiger partial charge < -0.3 is 5.73 Å². The second kappa shape index (κ2) is 4.78. The largest absolute Gasteiger partial charge is 0.399 e. The van der Waals surface area contributed by atoms with E-state index in [0.717, 1.165) is 16.5 Å². The van der Waals surface area contributed by atoms with E-state index in [0.29, 0.717) is 16.8 Å². The van der Waals surface area contributed by atoms with Gasteiger partial charge in [0, 0.05) is 28.4 Å². The molecule has 1 aromatic heterocycles. The van der Waals surface area contributed by atoms with E-state index >= 15 is 0 Å². The van der Waals surface area contributed by atoms with Crippen molar-refractivity contribution in [3.8, 4) is 0 Å². The molecule has 0 unspecified atom stereocenters. The highest BCUT2D eigenvalue weighted by atomic mass is 16.1. The number of carbonyl (C=O) groups excluding carboxylic acids is 1. The number of ketones is 1. The van der Waals surface area contributed by atoms with E-state index in [4.69, 9.17) is 5.73 Å². The summed E-state index contributed by atoms with van der Waals surface area (Å²) >= 11 is 0. The fourth-order valence-electron chi connectivity index (χ4n) is 2.19. The van der Waals surface area contributed by atoms with Gasteiger partial charge in [-0.05, 0) is 42.8 Å². The van der Waals surface area contributed by atoms with Crippen LogP contribution >= 0.6 is 0 Å². The van der Waals surface area contributed by atoms with Crippen LogP contribution in [0.5, 0.6) is 0 Å². The van der Waals surface area contributed by atoms with E-state index in [2.05, 4.69) is 4.98 Å². The molecule has 3 heteroatoms. The van der Waals surface area contributed by atoms with Gasteiger partial charge in [0.25, 0.3) is 0 Å². The fourth-order valence-corrected chi connectivity index (χ4v) is 2.19. The zero-order valence-corrected chi connectivity index (χ0v) is 11.1. The number of anilines is 1. The number of nitrogens with two attached hydrogens (primary N) is 1. The van der Waals surface area contributed by atoms with Crippen molar-refractivity contribution >= 4 is 22.4 Å². The summed E-state index contributed by atoms with van der Waals surface area (Å²) in [4.78, 5) is 16.8. The van der Waals surface area contributed by atoms with Gasteiger partial charge in [0.15, 0.2) is 5.78 Å². The lowest BCUT2D eigenvalue weighted by atomic mass is 10.00. The third kappa shape index (κ3) is 2.14. The summed E-state index contributed by atoms with van der Waals surface area (Å²) in [6.07, 6.45) is 1.73. The fraction of sp³-hybridized carbons (Fsp3) is 0.0588. The molecule has 1 heterocycles. The lowest BCUT2D eigenvalue weighted by Crippen LogP contribution is -2.03. The maximum absolute atomic E-state index is 12.5. The Morgan fingerprint density at radius 1 is 1.05 bits per heavy atom. The summed E-state index contributed by atoms with van der Waals surface area (Å²) in [5.41, 5.74) is 9.50. The first kappa shape index (κ1) is 12.4. The van der Waals surface area contributed by atoms with Crippen LogP contribution in [-0.4, -0.2) is 10.8 Å². The van der Waals surface area contributed by atoms with E-state index in [1.807, 2.05) is 43.3 Å². The number of hydrogen-bond donors (Lipinski definition) is 1. The molecule has 0 aliphatic carbocycles. The molecule has 98 valence electrons. The topological polar surface area (TPSA) is 56.0 Å². The highest BCUT2D eigenvalue weighted by Crippen LogP contribution is 2.19. The second-order valence-electron chi connectivity index (χ2n) is 4.81. The van der Waals surface area contributed by atoms with Crippen molar-refractivity contribution in [3.05, 3.63) is 71.4 Å². The van der Waals surface area contributed by atoms with Crippen molar-refractivity contribution in [1.29, 1.82) is 0 Å². The number of hydrogen-bond acceptors (Lipinski definition) is 3. The smallest absolute Gasteiger partial charge is 0.193 e. The molecular formula is C17H14N2O. The first-order valence-electron chi connectivity index (χ1n) is 6.41. The van der Waals surface area contributed by atoms with Crippen LogP contribution in [0.15, 0.2) is 54.7 Å².